The average Bonchev–Trinajstić information content (AvgIpc) is 3.24. The summed E-state index contributed by atoms with van der Waals surface area (Å²) in [6.07, 6.45) is 5.96. The molecule has 4 rings (SSSR count). The van der Waals surface area contributed by atoms with Crippen LogP contribution in [0.2, 0.25) is 0 Å². The predicted octanol–water partition coefficient (Wildman–Crippen LogP) is 3.34. The molecule has 0 aliphatic heterocycles. The topological polar surface area (TPSA) is 122 Å². The molecule has 9 heteroatoms. The van der Waals surface area contributed by atoms with Gasteiger partial charge in [0.25, 0.3) is 0 Å². The molecule has 0 aliphatic carbocycles. The van der Waals surface area contributed by atoms with E-state index in [1.165, 1.54) is 12.4 Å². The summed E-state index contributed by atoms with van der Waals surface area (Å²) in [6, 6.07) is 5.19. The molecule has 0 aliphatic rings. The zero-order valence-electron chi connectivity index (χ0n) is 15.2. The van der Waals surface area contributed by atoms with E-state index in [2.05, 4.69) is 25.1 Å². The molecule has 0 saturated carbocycles. The number of hydrogen-bond acceptors (Lipinski definition) is 6. The number of allylic oxidation sites excluding steroid dienone is 1. The normalized spacial score (nSPS) is 11.5. The molecule has 0 saturated heterocycles. The molecule has 0 unspecified atom stereocenters. The van der Waals surface area contributed by atoms with Crippen LogP contribution in [-0.2, 0) is 0 Å². The molecule has 8 nitrogen and oxygen atoms in total. The Morgan fingerprint density at radius 3 is 2.75 bits per heavy atom. The van der Waals surface area contributed by atoms with Crippen LogP contribution in [-0.4, -0.2) is 35.9 Å². The first-order valence-electron chi connectivity index (χ1n) is 8.49. The third kappa shape index (κ3) is 2.82. The van der Waals surface area contributed by atoms with E-state index in [9.17, 15) is 4.39 Å². The molecule has 0 spiro atoms. The number of H-pyrrole nitrogens is 1. The standard InChI is InChI=1S/C19H17FN8/c1-10-24-19(27-26-10)14-8-12(13-4-6-23-18(22)16(13)20)9-15-17(14)25-11(2)28(15)7-3-5-21/h3-9,21H,1-2H3,(H2,22,23)(H,24,26,27)/b7-3+,21-5?. The van der Waals surface area contributed by atoms with Gasteiger partial charge >= 0.3 is 0 Å². The van der Waals surface area contributed by atoms with Crippen molar-refractivity contribution in [1.82, 2.24) is 29.7 Å². The van der Waals surface area contributed by atoms with Gasteiger partial charge in [0, 0.05) is 29.7 Å². The molecule has 3 heterocycles. The van der Waals surface area contributed by atoms with Crippen molar-refractivity contribution in [3.8, 4) is 22.5 Å². The molecule has 0 fully saturated rings. The number of rotatable bonds is 4. The van der Waals surface area contributed by atoms with Crippen LogP contribution in [0, 0.1) is 25.1 Å². The molecule has 0 atom stereocenters. The number of halogens is 1. The molecule has 0 radical (unpaired) electrons. The number of aromatic amines is 1. The zero-order chi connectivity index (χ0) is 19.8. The van der Waals surface area contributed by atoms with Gasteiger partial charge in [0.05, 0.1) is 5.52 Å². The second-order valence-corrected chi connectivity index (χ2v) is 6.23. The van der Waals surface area contributed by atoms with Crippen molar-refractivity contribution in [1.29, 1.82) is 5.41 Å². The number of hydrogen-bond donors (Lipinski definition) is 3. The summed E-state index contributed by atoms with van der Waals surface area (Å²) in [7, 11) is 0. The second kappa shape index (κ2) is 6.69. The SMILES string of the molecule is Cc1nc(-c2cc(-c3ccnc(N)c3F)cc3c2nc(C)n3/C=C/C=N)n[nH]1. The Hall–Kier alpha value is -3.88. The molecule has 0 bridgehead atoms. The van der Waals surface area contributed by atoms with Gasteiger partial charge in [-0.3, -0.25) is 5.10 Å². The summed E-state index contributed by atoms with van der Waals surface area (Å²) in [4.78, 5) is 12.8. The van der Waals surface area contributed by atoms with E-state index in [4.69, 9.17) is 11.1 Å². The summed E-state index contributed by atoms with van der Waals surface area (Å²) in [5.74, 6) is 1.09. The number of anilines is 1. The van der Waals surface area contributed by atoms with Gasteiger partial charge in [0.2, 0.25) is 0 Å². The first kappa shape index (κ1) is 17.5. The Morgan fingerprint density at radius 1 is 1.21 bits per heavy atom. The van der Waals surface area contributed by atoms with Crippen molar-refractivity contribution in [2.75, 3.05) is 5.73 Å². The molecule has 1 aromatic carbocycles. The summed E-state index contributed by atoms with van der Waals surface area (Å²) < 4.78 is 16.5. The number of benzene rings is 1. The van der Waals surface area contributed by atoms with Crippen molar-refractivity contribution in [3.05, 3.63) is 47.9 Å². The van der Waals surface area contributed by atoms with Crippen molar-refractivity contribution >= 4 is 29.3 Å². The molecule has 28 heavy (non-hydrogen) atoms. The van der Waals surface area contributed by atoms with Crippen LogP contribution in [0.4, 0.5) is 10.2 Å². The van der Waals surface area contributed by atoms with Gasteiger partial charge in [0.15, 0.2) is 17.5 Å². The van der Waals surface area contributed by atoms with Crippen molar-refractivity contribution in [2.24, 2.45) is 0 Å². The maximum Gasteiger partial charge on any atom is 0.183 e. The summed E-state index contributed by atoms with van der Waals surface area (Å²) >= 11 is 0. The van der Waals surface area contributed by atoms with Gasteiger partial charge in [0.1, 0.15) is 17.2 Å². The van der Waals surface area contributed by atoms with E-state index in [1.807, 2.05) is 17.6 Å². The first-order chi connectivity index (χ1) is 13.5. The number of nitrogens with one attached hydrogen (secondary N) is 2. The van der Waals surface area contributed by atoms with Gasteiger partial charge in [-0.15, -0.1) is 0 Å². The fourth-order valence-electron chi connectivity index (χ4n) is 3.10. The van der Waals surface area contributed by atoms with Crippen LogP contribution in [0.1, 0.15) is 11.6 Å². The van der Waals surface area contributed by atoms with Crippen molar-refractivity contribution in [3.63, 3.8) is 0 Å². The maximum absolute atomic E-state index is 14.6. The fraction of sp³-hybridized carbons (Fsp3) is 0.105. The fourth-order valence-corrected chi connectivity index (χ4v) is 3.10. The van der Waals surface area contributed by atoms with Crippen LogP contribution in [0.15, 0.2) is 30.5 Å². The minimum Gasteiger partial charge on any atom is -0.381 e. The molecule has 3 aromatic heterocycles. The summed E-state index contributed by atoms with van der Waals surface area (Å²) in [5.41, 5.74) is 8.65. The van der Waals surface area contributed by atoms with Gasteiger partial charge in [-0.2, -0.15) is 5.10 Å². The number of aromatic nitrogens is 6. The number of aryl methyl sites for hydroxylation is 2. The lowest BCUT2D eigenvalue weighted by molar-refractivity contribution is 0.631. The van der Waals surface area contributed by atoms with E-state index < -0.39 is 5.82 Å². The van der Waals surface area contributed by atoms with Crippen LogP contribution >= 0.6 is 0 Å². The molecule has 4 N–H and O–H groups in total. The predicted molar refractivity (Wildman–Crippen MR) is 106 cm³/mol. The number of nitrogens with two attached hydrogens (primary N) is 1. The Bertz CT molecular complexity index is 1230. The van der Waals surface area contributed by atoms with E-state index in [-0.39, 0.29) is 5.82 Å². The lowest BCUT2D eigenvalue weighted by Gasteiger charge is -2.08. The minimum atomic E-state index is -0.586. The van der Waals surface area contributed by atoms with Crippen LogP contribution in [0.25, 0.3) is 39.7 Å². The third-order valence-electron chi connectivity index (χ3n) is 4.37. The summed E-state index contributed by atoms with van der Waals surface area (Å²) in [6.45, 7) is 3.66. The molecular formula is C19H17FN8. The first-order valence-corrected chi connectivity index (χ1v) is 8.49. The van der Waals surface area contributed by atoms with E-state index in [0.29, 0.717) is 39.7 Å². The third-order valence-corrected chi connectivity index (χ3v) is 4.37. The van der Waals surface area contributed by atoms with Gasteiger partial charge < -0.3 is 15.7 Å². The number of nitrogen functional groups attached to an aromatic ring is 1. The molecule has 140 valence electrons. The lowest BCUT2D eigenvalue weighted by atomic mass is 10.0. The van der Waals surface area contributed by atoms with Crippen molar-refractivity contribution < 1.29 is 4.39 Å². The van der Waals surface area contributed by atoms with E-state index >= 15 is 0 Å². The molecular weight excluding hydrogens is 359 g/mol. The number of nitrogens with zero attached hydrogens (tertiary/aromatic N) is 5. The van der Waals surface area contributed by atoms with Crippen molar-refractivity contribution in [2.45, 2.75) is 13.8 Å². The Kier molecular flexibility index (Phi) is 4.19. The highest BCUT2D eigenvalue weighted by Crippen LogP contribution is 2.34. The highest BCUT2D eigenvalue weighted by Gasteiger charge is 2.19. The van der Waals surface area contributed by atoms with Crippen LogP contribution < -0.4 is 5.73 Å². The van der Waals surface area contributed by atoms with Crippen LogP contribution in [0.5, 0.6) is 0 Å². The smallest absolute Gasteiger partial charge is 0.183 e. The Labute approximate surface area is 159 Å². The quantitative estimate of drug-likeness (QED) is 0.472. The summed E-state index contributed by atoms with van der Waals surface area (Å²) in [5, 5.41) is 14.3. The van der Waals surface area contributed by atoms with Gasteiger partial charge in [-0.05, 0) is 43.7 Å². The lowest BCUT2D eigenvalue weighted by Crippen LogP contribution is -1.97. The number of pyridine rings is 1. The average molecular weight is 376 g/mol. The van der Waals surface area contributed by atoms with Crippen LogP contribution in [0.3, 0.4) is 0 Å². The Morgan fingerprint density at radius 2 is 2.04 bits per heavy atom. The molecule has 0 amide bonds. The highest BCUT2D eigenvalue weighted by molar-refractivity contribution is 5.96. The van der Waals surface area contributed by atoms with E-state index in [0.717, 1.165) is 5.52 Å². The highest BCUT2D eigenvalue weighted by atomic mass is 19.1. The minimum absolute atomic E-state index is 0.165. The Balaban J connectivity index is 2.08. The van der Waals surface area contributed by atoms with Gasteiger partial charge in [-0.1, -0.05) is 0 Å². The van der Waals surface area contributed by atoms with E-state index in [1.54, 1.807) is 31.3 Å². The largest absolute Gasteiger partial charge is 0.381 e. The monoisotopic (exact) mass is 376 g/mol. The number of fused-ring (bicyclic) bond motifs is 1. The number of imidazole rings is 1. The zero-order valence-corrected chi connectivity index (χ0v) is 15.2. The maximum atomic E-state index is 14.6. The molecule has 4 aromatic rings. The van der Waals surface area contributed by atoms with Gasteiger partial charge in [-0.25, -0.2) is 19.3 Å². The second-order valence-electron chi connectivity index (χ2n) is 6.23.